The average Bonchev–Trinajstić information content (AvgIpc) is 2.59. The summed E-state index contributed by atoms with van der Waals surface area (Å²) >= 11 is 1.42. The molecule has 0 aromatic carbocycles. The van der Waals surface area contributed by atoms with Gasteiger partial charge in [-0.25, -0.2) is 0 Å². The molecule has 1 aromatic rings. The van der Waals surface area contributed by atoms with Crippen molar-refractivity contribution in [3.05, 3.63) is 15.8 Å². The second-order valence-corrected chi connectivity index (χ2v) is 4.80. The predicted molar refractivity (Wildman–Crippen MR) is 68.5 cm³/mol. The molecule has 0 atom stereocenters. The van der Waals surface area contributed by atoms with Crippen LogP contribution in [0.2, 0.25) is 0 Å². The van der Waals surface area contributed by atoms with E-state index in [1.807, 2.05) is 6.92 Å². The Balaban J connectivity index is 2.33. The number of nitrogen functional groups attached to an aromatic ring is 1. The van der Waals surface area contributed by atoms with Crippen LogP contribution in [0.4, 0.5) is 5.69 Å². The van der Waals surface area contributed by atoms with Crippen molar-refractivity contribution in [2.45, 2.75) is 26.2 Å². The smallest absolute Gasteiger partial charge is 0.261 e. The Morgan fingerprint density at radius 3 is 2.94 bits per heavy atom. The minimum Gasteiger partial charge on any atom is -0.398 e. The van der Waals surface area contributed by atoms with Gasteiger partial charge in [0, 0.05) is 23.5 Å². The third kappa shape index (κ3) is 3.59. The first-order valence-electron chi connectivity index (χ1n) is 5.22. The summed E-state index contributed by atoms with van der Waals surface area (Å²) in [5, 5.41) is 2.85. The standard InChI is InChI=1S/C12H16N2OS/c1-3-4-5-6-7-14-12(15)11-8-10(13)9(2)16-11/h1,8H,4-7,13H2,2H3,(H,14,15). The Morgan fingerprint density at radius 1 is 1.62 bits per heavy atom. The van der Waals surface area contributed by atoms with Crippen molar-refractivity contribution in [3.8, 4) is 12.3 Å². The summed E-state index contributed by atoms with van der Waals surface area (Å²) in [7, 11) is 0. The van der Waals surface area contributed by atoms with Gasteiger partial charge >= 0.3 is 0 Å². The Labute approximate surface area is 100 Å². The number of nitrogens with one attached hydrogen (secondary N) is 1. The minimum atomic E-state index is -0.0505. The monoisotopic (exact) mass is 236 g/mol. The van der Waals surface area contributed by atoms with Gasteiger partial charge in [0.05, 0.1) is 4.88 Å². The topological polar surface area (TPSA) is 55.1 Å². The van der Waals surface area contributed by atoms with Crippen LogP contribution in [0, 0.1) is 19.3 Å². The van der Waals surface area contributed by atoms with Crippen LogP contribution in [0.25, 0.3) is 0 Å². The van der Waals surface area contributed by atoms with E-state index in [2.05, 4.69) is 11.2 Å². The van der Waals surface area contributed by atoms with Crippen molar-refractivity contribution < 1.29 is 4.79 Å². The molecule has 0 aliphatic rings. The van der Waals surface area contributed by atoms with E-state index in [1.54, 1.807) is 6.07 Å². The van der Waals surface area contributed by atoms with Gasteiger partial charge in [-0.1, -0.05) is 0 Å². The lowest BCUT2D eigenvalue weighted by Gasteiger charge is -2.01. The molecule has 0 radical (unpaired) electrons. The fourth-order valence-corrected chi connectivity index (χ4v) is 2.11. The molecule has 0 saturated heterocycles. The lowest BCUT2D eigenvalue weighted by Crippen LogP contribution is -2.23. The van der Waals surface area contributed by atoms with Gasteiger partial charge in [-0.2, -0.15) is 0 Å². The normalized spacial score (nSPS) is 9.75. The van der Waals surface area contributed by atoms with Crippen LogP contribution >= 0.6 is 11.3 Å². The molecule has 4 heteroatoms. The Kier molecular flexibility index (Phi) is 4.87. The molecule has 3 nitrogen and oxygen atoms in total. The second-order valence-electron chi connectivity index (χ2n) is 3.54. The van der Waals surface area contributed by atoms with Crippen LogP contribution in [-0.4, -0.2) is 12.5 Å². The van der Waals surface area contributed by atoms with Crippen molar-refractivity contribution in [3.63, 3.8) is 0 Å². The number of rotatable bonds is 5. The van der Waals surface area contributed by atoms with Gasteiger partial charge in [-0.05, 0) is 25.8 Å². The number of nitrogens with two attached hydrogens (primary N) is 1. The van der Waals surface area contributed by atoms with E-state index in [-0.39, 0.29) is 5.91 Å². The summed E-state index contributed by atoms with van der Waals surface area (Å²) in [4.78, 5) is 13.3. The number of hydrogen-bond acceptors (Lipinski definition) is 3. The van der Waals surface area contributed by atoms with Crippen LogP contribution in [0.3, 0.4) is 0 Å². The number of amides is 1. The second kappa shape index (κ2) is 6.19. The molecule has 0 spiro atoms. The molecule has 1 aromatic heterocycles. The summed E-state index contributed by atoms with van der Waals surface area (Å²) in [6.07, 6.45) is 7.76. The van der Waals surface area contributed by atoms with Crippen LogP contribution in [0.15, 0.2) is 6.07 Å². The predicted octanol–water partition coefficient (Wildman–Crippen LogP) is 2.17. The van der Waals surface area contributed by atoms with E-state index in [0.717, 1.165) is 24.1 Å². The van der Waals surface area contributed by atoms with Crippen LogP contribution < -0.4 is 11.1 Å². The van der Waals surface area contributed by atoms with Crippen LogP contribution in [0.5, 0.6) is 0 Å². The first-order valence-corrected chi connectivity index (χ1v) is 6.04. The highest BCUT2D eigenvalue weighted by Gasteiger charge is 2.09. The Hall–Kier alpha value is -1.47. The molecule has 3 N–H and O–H groups in total. The van der Waals surface area contributed by atoms with Gasteiger partial charge in [-0.15, -0.1) is 23.7 Å². The van der Waals surface area contributed by atoms with Crippen molar-refractivity contribution >= 4 is 22.9 Å². The molecule has 0 aliphatic carbocycles. The molecule has 1 amide bonds. The van der Waals surface area contributed by atoms with Gasteiger partial charge in [-0.3, -0.25) is 4.79 Å². The molecular formula is C12H16N2OS. The summed E-state index contributed by atoms with van der Waals surface area (Å²) in [6.45, 7) is 2.57. The highest BCUT2D eigenvalue weighted by atomic mass is 32.1. The zero-order valence-corrected chi connectivity index (χ0v) is 10.2. The maximum atomic E-state index is 11.6. The third-order valence-corrected chi connectivity index (χ3v) is 3.28. The minimum absolute atomic E-state index is 0.0505. The van der Waals surface area contributed by atoms with E-state index in [1.165, 1.54) is 11.3 Å². The highest BCUT2D eigenvalue weighted by Crippen LogP contribution is 2.22. The number of terminal acetylenes is 1. The zero-order valence-electron chi connectivity index (χ0n) is 9.38. The maximum absolute atomic E-state index is 11.6. The molecule has 86 valence electrons. The number of thiophene rings is 1. The van der Waals surface area contributed by atoms with Gasteiger partial charge in [0.25, 0.3) is 5.91 Å². The SMILES string of the molecule is C#CCCCCNC(=O)c1cc(N)c(C)s1. The van der Waals surface area contributed by atoms with E-state index in [4.69, 9.17) is 12.2 Å². The van der Waals surface area contributed by atoms with Gasteiger partial charge in [0.1, 0.15) is 0 Å². The average molecular weight is 236 g/mol. The summed E-state index contributed by atoms with van der Waals surface area (Å²) < 4.78 is 0. The van der Waals surface area contributed by atoms with Crippen molar-refractivity contribution in [1.29, 1.82) is 0 Å². The van der Waals surface area contributed by atoms with E-state index >= 15 is 0 Å². The molecule has 0 saturated carbocycles. The number of carbonyl (C=O) groups excluding carboxylic acids is 1. The Morgan fingerprint density at radius 2 is 2.38 bits per heavy atom. The van der Waals surface area contributed by atoms with E-state index in [0.29, 0.717) is 17.1 Å². The lowest BCUT2D eigenvalue weighted by molar-refractivity contribution is 0.0957. The van der Waals surface area contributed by atoms with E-state index < -0.39 is 0 Å². The molecule has 0 unspecified atom stereocenters. The van der Waals surface area contributed by atoms with Crippen LogP contribution in [0.1, 0.15) is 33.8 Å². The first kappa shape index (κ1) is 12.6. The number of carbonyl (C=O) groups is 1. The molecular weight excluding hydrogens is 220 g/mol. The van der Waals surface area contributed by atoms with Gasteiger partial charge in [0.15, 0.2) is 0 Å². The molecule has 0 aliphatic heterocycles. The molecule has 0 bridgehead atoms. The van der Waals surface area contributed by atoms with Crippen molar-refractivity contribution in [2.24, 2.45) is 0 Å². The van der Waals surface area contributed by atoms with Crippen molar-refractivity contribution in [2.75, 3.05) is 12.3 Å². The Bertz CT molecular complexity index is 384. The number of hydrogen-bond donors (Lipinski definition) is 2. The number of aryl methyl sites for hydroxylation is 1. The molecule has 1 rings (SSSR count). The number of unbranched alkanes of at least 4 members (excludes halogenated alkanes) is 2. The largest absolute Gasteiger partial charge is 0.398 e. The third-order valence-electron chi connectivity index (χ3n) is 2.21. The van der Waals surface area contributed by atoms with E-state index in [9.17, 15) is 4.79 Å². The molecule has 1 heterocycles. The first-order chi connectivity index (χ1) is 7.65. The van der Waals surface area contributed by atoms with Gasteiger partial charge in [0.2, 0.25) is 0 Å². The van der Waals surface area contributed by atoms with Crippen molar-refractivity contribution in [1.82, 2.24) is 5.32 Å². The van der Waals surface area contributed by atoms with Gasteiger partial charge < -0.3 is 11.1 Å². The quantitative estimate of drug-likeness (QED) is 0.608. The molecule has 0 fully saturated rings. The summed E-state index contributed by atoms with van der Waals surface area (Å²) in [5.74, 6) is 2.52. The zero-order chi connectivity index (χ0) is 12.0. The fourth-order valence-electron chi connectivity index (χ4n) is 1.25. The van der Waals surface area contributed by atoms with Crippen LogP contribution in [-0.2, 0) is 0 Å². The fraction of sp³-hybridized carbons (Fsp3) is 0.417. The summed E-state index contributed by atoms with van der Waals surface area (Å²) in [5.41, 5.74) is 6.36. The maximum Gasteiger partial charge on any atom is 0.261 e. The molecule has 16 heavy (non-hydrogen) atoms. The number of anilines is 1. The lowest BCUT2D eigenvalue weighted by atomic mass is 10.2. The highest BCUT2D eigenvalue weighted by molar-refractivity contribution is 7.14. The summed E-state index contributed by atoms with van der Waals surface area (Å²) in [6, 6.07) is 1.72.